The van der Waals surface area contributed by atoms with Crippen molar-refractivity contribution < 1.29 is 9.18 Å². The number of halogens is 2. The summed E-state index contributed by atoms with van der Waals surface area (Å²) in [5.41, 5.74) is 2.66. The number of amides is 1. The summed E-state index contributed by atoms with van der Waals surface area (Å²) in [6, 6.07) is 13.8. The van der Waals surface area contributed by atoms with Crippen LogP contribution in [0.3, 0.4) is 0 Å². The second-order valence-corrected chi connectivity index (χ2v) is 5.60. The van der Waals surface area contributed by atoms with E-state index < -0.39 is 0 Å². The Hall–Kier alpha value is -2.16. The van der Waals surface area contributed by atoms with Crippen LogP contribution in [0.2, 0.25) is 0 Å². The van der Waals surface area contributed by atoms with Gasteiger partial charge in [-0.1, -0.05) is 29.8 Å². The third-order valence-corrected chi connectivity index (χ3v) is 3.58. The molecule has 0 saturated heterocycles. The van der Waals surface area contributed by atoms with Gasteiger partial charge in [-0.25, -0.2) is 4.39 Å². The average Bonchev–Trinajstić information content (AvgIpc) is 2.62. The van der Waals surface area contributed by atoms with E-state index >= 15 is 0 Å². The van der Waals surface area contributed by atoms with E-state index in [4.69, 9.17) is 0 Å². The fraction of sp³-hybridized carbons (Fsp3) is 0.263. The molecule has 26 heavy (non-hydrogen) atoms. The predicted octanol–water partition coefficient (Wildman–Crippen LogP) is 2.85. The minimum Gasteiger partial charge on any atom is -0.355 e. The van der Waals surface area contributed by atoms with E-state index in [1.807, 2.05) is 25.1 Å². The van der Waals surface area contributed by atoms with Crippen molar-refractivity contribution >= 4 is 35.8 Å². The number of carbonyl (C=O) groups excluding carboxylic acids is 1. The number of nitrogens with one attached hydrogen (secondary N) is 3. The standard InChI is InChI=1S/C19H23FN4O.HI/c1-14-4-3-5-16(12-14)18(25)22-10-11-23-19(21-2)24-13-15-6-8-17(20)9-7-15;/h3-9,12H,10-11,13H2,1-2H3,(H,22,25)(H2,21,23,24);1H. The zero-order valence-electron chi connectivity index (χ0n) is 14.9. The fourth-order valence-corrected chi connectivity index (χ4v) is 2.25. The van der Waals surface area contributed by atoms with Gasteiger partial charge in [0.2, 0.25) is 0 Å². The molecule has 5 nitrogen and oxygen atoms in total. The largest absolute Gasteiger partial charge is 0.355 e. The van der Waals surface area contributed by atoms with Crippen molar-refractivity contribution in [3.8, 4) is 0 Å². The normalized spacial score (nSPS) is 10.7. The molecule has 0 bridgehead atoms. The highest BCUT2D eigenvalue weighted by atomic mass is 127. The molecular weight excluding hydrogens is 446 g/mol. The van der Waals surface area contributed by atoms with Crippen LogP contribution in [0.15, 0.2) is 53.5 Å². The van der Waals surface area contributed by atoms with Crippen molar-refractivity contribution in [2.75, 3.05) is 20.1 Å². The molecule has 0 radical (unpaired) electrons. The van der Waals surface area contributed by atoms with E-state index in [1.165, 1.54) is 12.1 Å². The lowest BCUT2D eigenvalue weighted by Gasteiger charge is -2.12. The Morgan fingerprint density at radius 2 is 1.73 bits per heavy atom. The molecule has 0 aliphatic rings. The van der Waals surface area contributed by atoms with Gasteiger partial charge in [0.1, 0.15) is 5.82 Å². The van der Waals surface area contributed by atoms with Gasteiger partial charge in [0, 0.05) is 32.2 Å². The van der Waals surface area contributed by atoms with Crippen LogP contribution in [-0.4, -0.2) is 32.0 Å². The number of carbonyl (C=O) groups is 1. The maximum atomic E-state index is 12.9. The molecule has 3 N–H and O–H groups in total. The van der Waals surface area contributed by atoms with Gasteiger partial charge in [-0.3, -0.25) is 9.79 Å². The quantitative estimate of drug-likeness (QED) is 0.263. The van der Waals surface area contributed by atoms with Crippen LogP contribution in [-0.2, 0) is 6.54 Å². The number of hydrogen-bond acceptors (Lipinski definition) is 2. The Bertz CT molecular complexity index is 735. The molecule has 0 saturated carbocycles. The summed E-state index contributed by atoms with van der Waals surface area (Å²) in [5.74, 6) is 0.268. The number of aliphatic imine (C=N–C) groups is 1. The van der Waals surface area contributed by atoms with E-state index in [1.54, 1.807) is 25.2 Å². The van der Waals surface area contributed by atoms with Gasteiger partial charge >= 0.3 is 0 Å². The number of aryl methyl sites for hydroxylation is 1. The first-order chi connectivity index (χ1) is 12.1. The van der Waals surface area contributed by atoms with Gasteiger partial charge in [-0.05, 0) is 36.8 Å². The van der Waals surface area contributed by atoms with Crippen molar-refractivity contribution in [1.82, 2.24) is 16.0 Å². The van der Waals surface area contributed by atoms with Crippen LogP contribution in [0.25, 0.3) is 0 Å². The zero-order valence-corrected chi connectivity index (χ0v) is 17.2. The van der Waals surface area contributed by atoms with Crippen LogP contribution in [0.5, 0.6) is 0 Å². The Balaban J connectivity index is 0.00000338. The van der Waals surface area contributed by atoms with Gasteiger partial charge < -0.3 is 16.0 Å². The lowest BCUT2D eigenvalue weighted by Crippen LogP contribution is -2.41. The minimum atomic E-state index is -0.254. The van der Waals surface area contributed by atoms with Crippen molar-refractivity contribution in [3.63, 3.8) is 0 Å². The molecule has 1 amide bonds. The number of hydrogen-bond donors (Lipinski definition) is 3. The summed E-state index contributed by atoms with van der Waals surface area (Å²) in [5, 5.41) is 9.12. The zero-order chi connectivity index (χ0) is 18.1. The van der Waals surface area contributed by atoms with Gasteiger partial charge in [0.25, 0.3) is 5.91 Å². The highest BCUT2D eigenvalue weighted by Gasteiger charge is 2.04. The number of benzene rings is 2. The highest BCUT2D eigenvalue weighted by molar-refractivity contribution is 14.0. The summed E-state index contributed by atoms with van der Waals surface area (Å²) < 4.78 is 12.9. The maximum Gasteiger partial charge on any atom is 0.251 e. The second kappa shape index (κ2) is 11.5. The van der Waals surface area contributed by atoms with E-state index in [9.17, 15) is 9.18 Å². The molecule has 140 valence electrons. The Morgan fingerprint density at radius 3 is 2.38 bits per heavy atom. The van der Waals surface area contributed by atoms with Crippen LogP contribution < -0.4 is 16.0 Å². The van der Waals surface area contributed by atoms with Gasteiger partial charge in [-0.2, -0.15) is 0 Å². The van der Waals surface area contributed by atoms with Gasteiger partial charge in [0.15, 0.2) is 5.96 Å². The third kappa shape index (κ3) is 7.38. The molecule has 0 heterocycles. The maximum absolute atomic E-state index is 12.9. The van der Waals surface area contributed by atoms with Crippen LogP contribution in [0.4, 0.5) is 4.39 Å². The van der Waals surface area contributed by atoms with Crippen molar-refractivity contribution in [1.29, 1.82) is 0 Å². The number of nitrogens with zero attached hydrogens (tertiary/aromatic N) is 1. The predicted molar refractivity (Wildman–Crippen MR) is 114 cm³/mol. The average molecular weight is 470 g/mol. The first-order valence-electron chi connectivity index (χ1n) is 8.12. The molecule has 0 fully saturated rings. The monoisotopic (exact) mass is 470 g/mol. The number of rotatable bonds is 6. The molecular formula is C19H24FIN4O. The number of guanidine groups is 1. The molecule has 0 spiro atoms. The minimum absolute atomic E-state index is 0. The van der Waals surface area contributed by atoms with E-state index in [0.29, 0.717) is 31.2 Å². The van der Waals surface area contributed by atoms with E-state index in [0.717, 1.165) is 11.1 Å². The molecule has 0 aliphatic heterocycles. The Kier molecular flexibility index (Phi) is 9.64. The molecule has 0 aromatic heterocycles. The van der Waals surface area contributed by atoms with Crippen molar-refractivity contribution in [3.05, 3.63) is 71.0 Å². The van der Waals surface area contributed by atoms with Crippen molar-refractivity contribution in [2.45, 2.75) is 13.5 Å². The Morgan fingerprint density at radius 1 is 1.04 bits per heavy atom. The van der Waals surface area contributed by atoms with Crippen LogP contribution >= 0.6 is 24.0 Å². The molecule has 2 rings (SSSR count). The van der Waals surface area contributed by atoms with Crippen LogP contribution in [0, 0.1) is 12.7 Å². The molecule has 0 atom stereocenters. The highest BCUT2D eigenvalue weighted by Crippen LogP contribution is 2.03. The summed E-state index contributed by atoms with van der Waals surface area (Å²) in [6.45, 7) is 3.51. The molecule has 0 aliphatic carbocycles. The smallest absolute Gasteiger partial charge is 0.251 e. The Labute approximate surface area is 170 Å². The SMILES string of the molecule is CN=C(NCCNC(=O)c1cccc(C)c1)NCc1ccc(F)cc1.I. The molecule has 2 aromatic rings. The lowest BCUT2D eigenvalue weighted by atomic mass is 10.1. The molecule has 7 heteroatoms. The first-order valence-corrected chi connectivity index (χ1v) is 8.12. The van der Waals surface area contributed by atoms with E-state index in [-0.39, 0.29) is 35.7 Å². The third-order valence-electron chi connectivity index (χ3n) is 3.58. The van der Waals surface area contributed by atoms with Gasteiger partial charge in [0.05, 0.1) is 0 Å². The summed E-state index contributed by atoms with van der Waals surface area (Å²) >= 11 is 0. The van der Waals surface area contributed by atoms with Crippen molar-refractivity contribution in [2.24, 2.45) is 4.99 Å². The summed E-state index contributed by atoms with van der Waals surface area (Å²) in [6.07, 6.45) is 0. The topological polar surface area (TPSA) is 65.5 Å². The molecule has 2 aromatic carbocycles. The lowest BCUT2D eigenvalue weighted by molar-refractivity contribution is 0.0954. The molecule has 0 unspecified atom stereocenters. The van der Waals surface area contributed by atoms with E-state index in [2.05, 4.69) is 20.9 Å². The van der Waals surface area contributed by atoms with Crippen LogP contribution in [0.1, 0.15) is 21.5 Å². The van der Waals surface area contributed by atoms with Gasteiger partial charge in [-0.15, -0.1) is 24.0 Å². The fourth-order valence-electron chi connectivity index (χ4n) is 2.25. The summed E-state index contributed by atoms with van der Waals surface area (Å²) in [4.78, 5) is 16.1. The first kappa shape index (κ1) is 21.9. The second-order valence-electron chi connectivity index (χ2n) is 5.60. The summed E-state index contributed by atoms with van der Waals surface area (Å²) in [7, 11) is 1.67.